The fraction of sp³-hybridized carbons (Fsp3) is 0.524. The van der Waals surface area contributed by atoms with Gasteiger partial charge >= 0.3 is 0 Å². The summed E-state index contributed by atoms with van der Waals surface area (Å²) in [6.07, 6.45) is 4.49. The number of benzene rings is 1. The van der Waals surface area contributed by atoms with Gasteiger partial charge in [0.15, 0.2) is 11.6 Å². The molecule has 3 aromatic rings. The highest BCUT2D eigenvalue weighted by molar-refractivity contribution is 6.31. The molecule has 2 N–H and O–H groups in total. The second-order valence-corrected chi connectivity index (χ2v) is 17.4. The van der Waals surface area contributed by atoms with Crippen molar-refractivity contribution in [1.29, 1.82) is 5.26 Å². The Balaban J connectivity index is 0.832. The minimum absolute atomic E-state index is 0.0263. The summed E-state index contributed by atoms with van der Waals surface area (Å²) in [5.41, 5.74) is 1.41. The van der Waals surface area contributed by atoms with Gasteiger partial charge in [0, 0.05) is 75.6 Å². The zero-order chi connectivity index (χ0) is 40.5. The molecule has 5 heterocycles. The number of amides is 3. The van der Waals surface area contributed by atoms with Gasteiger partial charge in [-0.15, -0.1) is 10.2 Å². The third-order valence-electron chi connectivity index (χ3n) is 12.5. The number of piperidine rings is 2. The number of hydrogen-bond acceptors (Lipinski definition) is 12. The summed E-state index contributed by atoms with van der Waals surface area (Å²) in [5.74, 6) is 0.784. The van der Waals surface area contributed by atoms with Crippen LogP contribution < -0.4 is 25.2 Å². The normalized spacial score (nSPS) is 23.5. The van der Waals surface area contributed by atoms with E-state index in [-0.39, 0.29) is 53.1 Å². The molecule has 15 heteroatoms. The number of halogens is 1. The van der Waals surface area contributed by atoms with Crippen LogP contribution in [-0.4, -0.2) is 102 Å². The van der Waals surface area contributed by atoms with Crippen LogP contribution in [0.15, 0.2) is 48.7 Å². The van der Waals surface area contributed by atoms with E-state index in [9.17, 15) is 24.4 Å². The number of nitrogens with zero attached hydrogens (tertiary/aromatic N) is 7. The Morgan fingerprint density at radius 1 is 0.930 bits per heavy atom. The Bertz CT molecular complexity index is 2020. The lowest BCUT2D eigenvalue weighted by Crippen LogP contribution is -2.66. The molecule has 0 radical (unpaired) electrons. The molecule has 1 unspecified atom stereocenters. The Kier molecular flexibility index (Phi) is 11.5. The molecule has 3 amide bonds. The van der Waals surface area contributed by atoms with Gasteiger partial charge in [-0.3, -0.25) is 29.4 Å². The third kappa shape index (κ3) is 8.60. The van der Waals surface area contributed by atoms with Gasteiger partial charge in [-0.05, 0) is 67.5 Å². The number of carbonyl (C=O) groups is 4. The Hall–Kier alpha value is -5.13. The van der Waals surface area contributed by atoms with E-state index in [2.05, 4.69) is 74.3 Å². The average Bonchev–Trinajstić information content (AvgIpc) is 3.20. The van der Waals surface area contributed by atoms with Crippen molar-refractivity contribution >= 4 is 46.6 Å². The van der Waals surface area contributed by atoms with E-state index >= 15 is 0 Å². The van der Waals surface area contributed by atoms with E-state index in [0.717, 1.165) is 70.2 Å². The number of pyridine rings is 1. The van der Waals surface area contributed by atoms with Crippen molar-refractivity contribution in [3.63, 3.8) is 0 Å². The standard InChI is InChI=1S/C42H50ClN9O5/c1-41(2)35(42(3,4)40(41)57-29-7-5-27(23-44)30(43)21-29)22-34(53)31-9-11-36(49-48-31)52-15-13-26(14-16-52)25-50-17-19-51(20-18-50)28-6-8-32(45-24-28)38(55)46-33-10-12-37(54)47-39(33)56/h5-9,11,21,24,26,33,35,40H,10,12-20,22,25H2,1-4H3,(H,46,55)(H,47,54,56). The van der Waals surface area contributed by atoms with Gasteiger partial charge in [-0.2, -0.15) is 5.26 Å². The van der Waals surface area contributed by atoms with E-state index in [1.807, 2.05) is 12.1 Å². The van der Waals surface area contributed by atoms with Crippen molar-refractivity contribution < 1.29 is 23.9 Å². The number of imide groups is 1. The lowest BCUT2D eigenvalue weighted by atomic mass is 9.44. The molecule has 1 aliphatic carbocycles. The minimum Gasteiger partial charge on any atom is -0.489 e. The van der Waals surface area contributed by atoms with Crippen molar-refractivity contribution in [1.82, 2.24) is 30.7 Å². The van der Waals surface area contributed by atoms with Crippen LogP contribution >= 0.6 is 11.6 Å². The molecule has 1 atom stereocenters. The molecule has 4 fully saturated rings. The monoisotopic (exact) mass is 795 g/mol. The van der Waals surface area contributed by atoms with Gasteiger partial charge < -0.3 is 19.9 Å². The zero-order valence-electron chi connectivity index (χ0n) is 33.0. The summed E-state index contributed by atoms with van der Waals surface area (Å²) in [5, 5.41) is 23.4. The number of nitriles is 1. The van der Waals surface area contributed by atoms with Crippen LogP contribution in [0, 0.1) is 34.0 Å². The Morgan fingerprint density at radius 2 is 1.65 bits per heavy atom. The van der Waals surface area contributed by atoms with Crippen molar-refractivity contribution in [2.75, 3.05) is 55.6 Å². The SMILES string of the molecule is CC1(C)C(CC(=O)c2ccc(N3CCC(CN4CCN(c5ccc(C(=O)NC6CCC(=O)NC6=O)nc5)CC4)CC3)nn2)C(C)(C)C1Oc1ccc(C#N)c(Cl)c1. The van der Waals surface area contributed by atoms with Gasteiger partial charge in [0.05, 0.1) is 22.5 Å². The van der Waals surface area contributed by atoms with Gasteiger partial charge in [0.25, 0.3) is 5.91 Å². The largest absolute Gasteiger partial charge is 0.489 e. The minimum atomic E-state index is -0.736. The molecule has 1 saturated carbocycles. The fourth-order valence-corrected chi connectivity index (χ4v) is 9.63. The van der Waals surface area contributed by atoms with Crippen molar-refractivity contribution in [3.8, 4) is 11.8 Å². The highest BCUT2D eigenvalue weighted by Gasteiger charge is 2.63. The smallest absolute Gasteiger partial charge is 0.270 e. The molecule has 57 heavy (non-hydrogen) atoms. The molecule has 3 saturated heterocycles. The Labute approximate surface area is 338 Å². The van der Waals surface area contributed by atoms with Gasteiger partial charge in [-0.1, -0.05) is 39.3 Å². The number of rotatable bonds is 11. The third-order valence-corrected chi connectivity index (χ3v) is 12.8. The highest BCUT2D eigenvalue weighted by Crippen LogP contribution is 2.61. The summed E-state index contributed by atoms with van der Waals surface area (Å²) >= 11 is 6.25. The molecule has 2 aromatic heterocycles. The van der Waals surface area contributed by atoms with E-state index in [0.29, 0.717) is 34.4 Å². The number of Topliss-reactive ketones (excluding diaryl/α,β-unsaturated/α-hetero) is 1. The first-order valence-electron chi connectivity index (χ1n) is 19.8. The molecule has 0 spiro atoms. The van der Waals surface area contributed by atoms with E-state index in [1.165, 1.54) is 0 Å². The summed E-state index contributed by atoms with van der Waals surface area (Å²) in [4.78, 5) is 60.9. The summed E-state index contributed by atoms with van der Waals surface area (Å²) in [6, 6.07) is 13.7. The lowest BCUT2D eigenvalue weighted by molar-refractivity contribution is -0.196. The number of piperazine rings is 1. The summed E-state index contributed by atoms with van der Waals surface area (Å²) in [6.45, 7) is 14.9. The van der Waals surface area contributed by atoms with Crippen LogP contribution in [0.25, 0.3) is 0 Å². The molecular weight excluding hydrogens is 746 g/mol. The van der Waals surface area contributed by atoms with E-state index in [4.69, 9.17) is 16.3 Å². The zero-order valence-corrected chi connectivity index (χ0v) is 33.7. The molecule has 3 aliphatic heterocycles. The molecule has 7 rings (SSSR count). The van der Waals surface area contributed by atoms with Crippen molar-refractivity contribution in [2.45, 2.75) is 71.9 Å². The van der Waals surface area contributed by atoms with E-state index in [1.54, 1.807) is 36.5 Å². The van der Waals surface area contributed by atoms with Crippen molar-refractivity contribution in [2.24, 2.45) is 22.7 Å². The fourth-order valence-electron chi connectivity index (χ4n) is 9.41. The summed E-state index contributed by atoms with van der Waals surface area (Å²) in [7, 11) is 0. The number of nitrogens with one attached hydrogen (secondary N) is 2. The molecular formula is C42H50ClN9O5. The Morgan fingerprint density at radius 3 is 2.26 bits per heavy atom. The number of carbonyl (C=O) groups excluding carboxylic acids is 4. The maximum atomic E-state index is 13.5. The number of anilines is 2. The first kappa shape index (κ1) is 40.1. The number of hydrogen-bond donors (Lipinski definition) is 2. The average molecular weight is 796 g/mol. The second-order valence-electron chi connectivity index (χ2n) is 16.9. The molecule has 300 valence electrons. The van der Waals surface area contributed by atoms with Crippen LogP contribution in [0.3, 0.4) is 0 Å². The van der Waals surface area contributed by atoms with Crippen LogP contribution in [0.2, 0.25) is 5.02 Å². The van der Waals surface area contributed by atoms with Crippen LogP contribution in [-0.2, 0) is 9.59 Å². The van der Waals surface area contributed by atoms with Crippen LogP contribution in [0.5, 0.6) is 5.75 Å². The van der Waals surface area contributed by atoms with Crippen molar-refractivity contribution in [3.05, 3.63) is 70.6 Å². The maximum absolute atomic E-state index is 13.5. The maximum Gasteiger partial charge on any atom is 0.270 e. The van der Waals surface area contributed by atoms with Crippen LogP contribution in [0.4, 0.5) is 11.5 Å². The highest BCUT2D eigenvalue weighted by atomic mass is 35.5. The predicted octanol–water partition coefficient (Wildman–Crippen LogP) is 4.67. The van der Waals surface area contributed by atoms with E-state index < -0.39 is 17.9 Å². The topological polar surface area (TPSA) is 174 Å². The van der Waals surface area contributed by atoms with Gasteiger partial charge in [-0.25, -0.2) is 4.98 Å². The number of ketones is 1. The quantitative estimate of drug-likeness (QED) is 0.203. The first-order chi connectivity index (χ1) is 27.2. The molecule has 14 nitrogen and oxygen atoms in total. The first-order valence-corrected chi connectivity index (χ1v) is 20.2. The van der Waals surface area contributed by atoms with Gasteiger partial charge in [0.2, 0.25) is 11.8 Å². The number of aromatic nitrogens is 3. The summed E-state index contributed by atoms with van der Waals surface area (Å²) < 4.78 is 6.39. The molecule has 0 bridgehead atoms. The van der Waals surface area contributed by atoms with Gasteiger partial charge in [0.1, 0.15) is 35.4 Å². The molecule has 4 aliphatic rings. The second kappa shape index (κ2) is 16.4. The molecule has 1 aromatic carbocycles. The predicted molar refractivity (Wildman–Crippen MR) is 214 cm³/mol. The lowest BCUT2D eigenvalue weighted by Gasteiger charge is -2.63. The number of ether oxygens (including phenoxy) is 1. The van der Waals surface area contributed by atoms with Crippen LogP contribution in [0.1, 0.15) is 86.3 Å².